The smallest absolute Gasteiger partial charge is 0.0341 e. The number of alkyl halides is 1. The molecule has 1 saturated carbocycles. The van der Waals surface area contributed by atoms with E-state index in [-0.39, 0.29) is 0 Å². The van der Waals surface area contributed by atoms with Gasteiger partial charge in [-0.1, -0.05) is 51.0 Å². The van der Waals surface area contributed by atoms with Gasteiger partial charge in [-0.05, 0) is 42.2 Å². The molecule has 0 bridgehead atoms. The predicted octanol–water partition coefficient (Wildman–Crippen LogP) is 5.47. The van der Waals surface area contributed by atoms with Crippen LogP contribution in [0, 0.1) is 0 Å². The van der Waals surface area contributed by atoms with Gasteiger partial charge in [-0.25, -0.2) is 0 Å². The third kappa shape index (κ3) is 3.48. The first-order chi connectivity index (χ1) is 8.16. The number of hydrogen-bond acceptors (Lipinski definition) is 0. The molecule has 2 atom stereocenters. The molecule has 2 rings (SSSR count). The van der Waals surface area contributed by atoms with Crippen molar-refractivity contribution in [1.82, 2.24) is 0 Å². The summed E-state index contributed by atoms with van der Waals surface area (Å²) >= 11 is 6.35. The summed E-state index contributed by atoms with van der Waals surface area (Å²) in [6.07, 6.45) is 6.30. The zero-order chi connectivity index (χ0) is 12.3. The molecule has 0 saturated heterocycles. The Morgan fingerprint density at radius 2 is 1.71 bits per heavy atom. The Morgan fingerprint density at radius 3 is 2.35 bits per heavy atom. The summed E-state index contributed by atoms with van der Waals surface area (Å²) in [4.78, 5) is 0. The van der Waals surface area contributed by atoms with Crippen molar-refractivity contribution in [3.63, 3.8) is 0 Å². The van der Waals surface area contributed by atoms with Crippen molar-refractivity contribution in [2.24, 2.45) is 0 Å². The van der Waals surface area contributed by atoms with E-state index in [4.69, 9.17) is 11.6 Å². The van der Waals surface area contributed by atoms with E-state index in [1.165, 1.54) is 36.8 Å². The van der Waals surface area contributed by atoms with Crippen molar-refractivity contribution in [2.45, 2.75) is 63.2 Å². The Balaban J connectivity index is 2.10. The second-order valence-corrected chi connectivity index (χ2v) is 6.25. The maximum atomic E-state index is 6.35. The van der Waals surface area contributed by atoms with Crippen molar-refractivity contribution in [1.29, 1.82) is 0 Å². The third-order valence-electron chi connectivity index (χ3n) is 3.93. The fraction of sp³-hybridized carbons (Fsp3) is 0.625. The Labute approximate surface area is 110 Å². The van der Waals surface area contributed by atoms with Gasteiger partial charge in [0.25, 0.3) is 0 Å². The summed E-state index contributed by atoms with van der Waals surface area (Å²) in [5.74, 6) is 1.31. The highest BCUT2D eigenvalue weighted by molar-refractivity contribution is 6.20. The number of benzene rings is 1. The lowest BCUT2D eigenvalue weighted by Gasteiger charge is -2.17. The molecule has 1 fully saturated rings. The standard InChI is InChI=1S/C16H23Cl/c1-12(2)13-7-9-14(10-8-13)15-5-3-4-6-16(17)11-15/h7-10,12,15-16H,3-6,11H2,1-2H3. The molecule has 0 N–H and O–H groups in total. The molecule has 17 heavy (non-hydrogen) atoms. The molecule has 1 aliphatic rings. The van der Waals surface area contributed by atoms with Crippen molar-refractivity contribution < 1.29 is 0 Å². The van der Waals surface area contributed by atoms with Crippen LogP contribution in [-0.4, -0.2) is 5.38 Å². The lowest BCUT2D eigenvalue weighted by molar-refractivity contribution is 0.595. The Kier molecular flexibility index (Phi) is 4.50. The summed E-state index contributed by atoms with van der Waals surface area (Å²) in [5, 5.41) is 0.382. The minimum absolute atomic E-state index is 0.382. The molecule has 0 aliphatic heterocycles. The normalized spacial score (nSPS) is 25.9. The van der Waals surface area contributed by atoms with Crippen LogP contribution in [0.5, 0.6) is 0 Å². The van der Waals surface area contributed by atoms with Crippen LogP contribution >= 0.6 is 11.6 Å². The second-order valence-electron chi connectivity index (χ2n) is 5.64. The highest BCUT2D eigenvalue weighted by Gasteiger charge is 2.19. The second kappa shape index (κ2) is 5.91. The van der Waals surface area contributed by atoms with Gasteiger partial charge in [0, 0.05) is 5.38 Å². The van der Waals surface area contributed by atoms with Crippen molar-refractivity contribution in [2.75, 3.05) is 0 Å². The van der Waals surface area contributed by atoms with E-state index >= 15 is 0 Å². The van der Waals surface area contributed by atoms with E-state index in [1.54, 1.807) is 0 Å². The number of hydrogen-bond donors (Lipinski definition) is 0. The monoisotopic (exact) mass is 250 g/mol. The van der Waals surface area contributed by atoms with Crippen LogP contribution < -0.4 is 0 Å². The summed E-state index contributed by atoms with van der Waals surface area (Å²) < 4.78 is 0. The number of halogens is 1. The quantitative estimate of drug-likeness (QED) is 0.483. The van der Waals surface area contributed by atoms with Crippen LogP contribution in [0.25, 0.3) is 0 Å². The van der Waals surface area contributed by atoms with Crippen LogP contribution in [0.3, 0.4) is 0 Å². The van der Waals surface area contributed by atoms with Gasteiger partial charge >= 0.3 is 0 Å². The van der Waals surface area contributed by atoms with Crippen molar-refractivity contribution in [3.05, 3.63) is 35.4 Å². The van der Waals surface area contributed by atoms with Crippen molar-refractivity contribution >= 4 is 11.6 Å². The first-order valence-electron chi connectivity index (χ1n) is 6.90. The zero-order valence-corrected chi connectivity index (χ0v) is 11.7. The molecule has 0 spiro atoms. The largest absolute Gasteiger partial charge is 0.123 e. The predicted molar refractivity (Wildman–Crippen MR) is 76.0 cm³/mol. The van der Waals surface area contributed by atoms with E-state index in [0.29, 0.717) is 17.2 Å². The van der Waals surface area contributed by atoms with Crippen molar-refractivity contribution in [3.8, 4) is 0 Å². The molecule has 0 heterocycles. The van der Waals surface area contributed by atoms with Crippen LogP contribution in [0.1, 0.15) is 68.9 Å². The van der Waals surface area contributed by atoms with Gasteiger partial charge in [-0.15, -0.1) is 11.6 Å². The van der Waals surface area contributed by atoms with E-state index in [2.05, 4.69) is 38.1 Å². The summed E-state index contributed by atoms with van der Waals surface area (Å²) in [7, 11) is 0. The molecular formula is C16H23Cl. The van der Waals surface area contributed by atoms with Gasteiger partial charge in [-0.2, -0.15) is 0 Å². The van der Waals surface area contributed by atoms with E-state index in [1.807, 2.05) is 0 Å². The first-order valence-corrected chi connectivity index (χ1v) is 7.34. The molecule has 1 aromatic carbocycles. The highest BCUT2D eigenvalue weighted by atomic mass is 35.5. The number of rotatable bonds is 2. The molecule has 94 valence electrons. The van der Waals surface area contributed by atoms with Crippen LogP contribution in [-0.2, 0) is 0 Å². The lowest BCUT2D eigenvalue weighted by Crippen LogP contribution is -2.04. The van der Waals surface area contributed by atoms with E-state index in [0.717, 1.165) is 6.42 Å². The van der Waals surface area contributed by atoms with Crippen LogP contribution in [0.15, 0.2) is 24.3 Å². The highest BCUT2D eigenvalue weighted by Crippen LogP contribution is 2.34. The van der Waals surface area contributed by atoms with Crippen LogP contribution in [0.2, 0.25) is 0 Å². The maximum absolute atomic E-state index is 6.35. The fourth-order valence-corrected chi connectivity index (χ4v) is 3.13. The molecule has 0 nitrogen and oxygen atoms in total. The molecule has 0 radical (unpaired) electrons. The molecule has 1 aromatic rings. The maximum Gasteiger partial charge on any atom is 0.0341 e. The average Bonchev–Trinajstić information content (AvgIpc) is 2.54. The van der Waals surface area contributed by atoms with Gasteiger partial charge in [-0.3, -0.25) is 0 Å². The third-order valence-corrected chi connectivity index (χ3v) is 4.33. The lowest BCUT2D eigenvalue weighted by atomic mass is 9.90. The molecule has 2 unspecified atom stereocenters. The molecular weight excluding hydrogens is 228 g/mol. The van der Waals surface area contributed by atoms with Gasteiger partial charge < -0.3 is 0 Å². The SMILES string of the molecule is CC(C)c1ccc(C2CCCCC(Cl)C2)cc1. The van der Waals surface area contributed by atoms with Gasteiger partial charge in [0.15, 0.2) is 0 Å². The Morgan fingerprint density at radius 1 is 1.06 bits per heavy atom. The Bertz CT molecular complexity index is 339. The average molecular weight is 251 g/mol. The van der Waals surface area contributed by atoms with E-state index < -0.39 is 0 Å². The summed E-state index contributed by atoms with van der Waals surface area (Å²) in [6, 6.07) is 9.20. The molecule has 1 aliphatic carbocycles. The molecule has 0 aromatic heterocycles. The summed E-state index contributed by atoms with van der Waals surface area (Å²) in [6.45, 7) is 4.49. The van der Waals surface area contributed by atoms with Crippen LogP contribution in [0.4, 0.5) is 0 Å². The van der Waals surface area contributed by atoms with Gasteiger partial charge in [0.1, 0.15) is 0 Å². The first kappa shape index (κ1) is 13.0. The topological polar surface area (TPSA) is 0 Å². The van der Waals surface area contributed by atoms with E-state index in [9.17, 15) is 0 Å². The van der Waals surface area contributed by atoms with Gasteiger partial charge in [0.2, 0.25) is 0 Å². The molecule has 1 heteroatoms. The minimum Gasteiger partial charge on any atom is -0.123 e. The Hall–Kier alpha value is -0.490. The fourth-order valence-electron chi connectivity index (χ4n) is 2.76. The molecule has 0 amide bonds. The summed E-state index contributed by atoms with van der Waals surface area (Å²) in [5.41, 5.74) is 2.92. The zero-order valence-electron chi connectivity index (χ0n) is 11.0. The van der Waals surface area contributed by atoms with Gasteiger partial charge in [0.05, 0.1) is 0 Å². The minimum atomic E-state index is 0.382.